The van der Waals surface area contributed by atoms with Crippen LogP contribution in [0.15, 0.2) is 12.7 Å². The predicted molar refractivity (Wildman–Crippen MR) is 121 cm³/mol. The lowest BCUT2D eigenvalue weighted by atomic mass is 10.1. The van der Waals surface area contributed by atoms with Gasteiger partial charge in [-0.1, -0.05) is 0 Å². The summed E-state index contributed by atoms with van der Waals surface area (Å²) in [6.45, 7) is -5.33. The number of esters is 1. The van der Waals surface area contributed by atoms with Crippen LogP contribution >= 0.6 is 15.6 Å². The number of carbonyl (C=O) groups excluding carboxylic acids is 1. The number of anilines is 1. The minimum Gasteiger partial charge on any atom is -0.457 e. The van der Waals surface area contributed by atoms with E-state index in [2.05, 4.69) is 33.0 Å². The van der Waals surface area contributed by atoms with E-state index < -0.39 is 90.8 Å². The van der Waals surface area contributed by atoms with Crippen molar-refractivity contribution < 1.29 is 75.8 Å². The van der Waals surface area contributed by atoms with Crippen LogP contribution in [0.1, 0.15) is 17.2 Å². The van der Waals surface area contributed by atoms with Gasteiger partial charge in [0.25, 0.3) is 0 Å². The molecule has 0 bridgehead atoms. The first-order valence-electron chi connectivity index (χ1n) is 12.2. The zero-order valence-corrected chi connectivity index (χ0v) is 21.1. The highest BCUT2D eigenvalue weighted by molar-refractivity contribution is 7.61. The average molecular weight is 604 g/mol. The molecule has 3 unspecified atom stereocenters. The van der Waals surface area contributed by atoms with Crippen molar-refractivity contribution in [2.45, 2.75) is 56.0 Å². The van der Waals surface area contributed by atoms with Crippen molar-refractivity contribution in [1.82, 2.24) is 19.5 Å². The summed E-state index contributed by atoms with van der Waals surface area (Å²) in [5.74, 6) is -1.76. The maximum absolute atomic E-state index is 12.3. The average Bonchev–Trinajstić information content (AvgIpc) is 3.51. The number of aliphatic hydroxyl groups is 4. The van der Waals surface area contributed by atoms with Crippen LogP contribution < -0.4 is 5.73 Å². The molecule has 0 aromatic carbocycles. The van der Waals surface area contributed by atoms with Crippen LogP contribution in [0, 0.1) is 0 Å². The van der Waals surface area contributed by atoms with E-state index in [0.29, 0.717) is 0 Å². The van der Waals surface area contributed by atoms with Crippen molar-refractivity contribution in [1.29, 1.82) is 0 Å². The van der Waals surface area contributed by atoms with Gasteiger partial charge >= 0.3 is 21.6 Å². The Labute approximate surface area is 222 Å². The van der Waals surface area contributed by atoms with Crippen molar-refractivity contribution in [2.24, 2.45) is 0 Å². The Kier molecular flexibility index (Phi) is 7.52. The van der Waals surface area contributed by atoms with Gasteiger partial charge in [0, 0.05) is 11.0 Å². The van der Waals surface area contributed by atoms with Crippen molar-refractivity contribution in [2.75, 3.05) is 18.9 Å². The number of fused-ring (bicyclic) bond motifs is 1. The molecule has 39 heavy (non-hydrogen) atoms. The fourth-order valence-electron chi connectivity index (χ4n) is 3.79. The van der Waals surface area contributed by atoms with E-state index in [1.54, 1.807) is 0 Å². The third kappa shape index (κ3) is 6.60. The van der Waals surface area contributed by atoms with Gasteiger partial charge in [-0.25, -0.2) is 24.1 Å². The largest absolute Gasteiger partial charge is 0.481 e. The molecule has 22 heteroatoms. The van der Waals surface area contributed by atoms with Crippen molar-refractivity contribution in [3.8, 4) is 0 Å². The molecule has 8 N–H and O–H groups in total. The monoisotopic (exact) mass is 604 g/mol. The molecule has 218 valence electrons. The smallest absolute Gasteiger partial charge is 0.457 e. The van der Waals surface area contributed by atoms with Gasteiger partial charge in [0.1, 0.15) is 42.4 Å². The molecule has 0 aliphatic carbocycles. The van der Waals surface area contributed by atoms with E-state index in [4.69, 9.17) is 19.3 Å². The maximum Gasteiger partial charge on any atom is 0.481 e. The lowest BCUT2D eigenvalue weighted by molar-refractivity contribution is -0.153. The summed E-state index contributed by atoms with van der Waals surface area (Å²) in [6.07, 6.45) is -11.4. The second-order valence-corrected chi connectivity index (χ2v) is 11.2. The number of phosphoric acid groups is 2. The van der Waals surface area contributed by atoms with Crippen molar-refractivity contribution in [3.63, 3.8) is 0 Å². The number of carbonyl (C=O) groups is 1. The summed E-state index contributed by atoms with van der Waals surface area (Å²) in [5, 5.41) is 40.3. The highest BCUT2D eigenvalue weighted by Gasteiger charge is 2.48. The Morgan fingerprint density at radius 1 is 1.05 bits per heavy atom. The second kappa shape index (κ2) is 11.4. The van der Waals surface area contributed by atoms with E-state index in [-0.39, 0.29) is 17.0 Å². The summed E-state index contributed by atoms with van der Waals surface area (Å²) < 4.78 is 75.0. The van der Waals surface area contributed by atoms with E-state index >= 15 is 0 Å². The highest BCUT2D eigenvalue weighted by atomic mass is 31.3. The molecule has 10 atom stereocenters. The third-order valence-electron chi connectivity index (χ3n) is 5.56. The molecule has 2 aliphatic rings. The summed E-state index contributed by atoms with van der Waals surface area (Å²) in [7, 11) is -10.9. The van der Waals surface area contributed by atoms with Gasteiger partial charge in [-0.3, -0.25) is 18.4 Å². The molecule has 4 rings (SSSR count). The first kappa shape index (κ1) is 25.8. The SMILES string of the molecule is [2H]C([2H])([2H])C(=O)O[C@@H]1[C@@H](COP(=O)(O)OP(=O)(O)OC[C@H]2O[C@@H](n3cnc4c(N)ncnc43)[C@H](O)[C@@H]2O)OC(O)[C@@H]1O. The van der Waals surface area contributed by atoms with Gasteiger partial charge in [-0.15, -0.1) is 0 Å². The maximum atomic E-state index is 12.3. The van der Waals surface area contributed by atoms with Gasteiger partial charge in [-0.2, -0.15) is 4.31 Å². The summed E-state index contributed by atoms with van der Waals surface area (Å²) in [6, 6.07) is 0. The number of ether oxygens (including phenoxy) is 3. The summed E-state index contributed by atoms with van der Waals surface area (Å²) in [4.78, 5) is 43.2. The fourth-order valence-corrected chi connectivity index (χ4v) is 5.88. The van der Waals surface area contributed by atoms with Crippen LogP contribution in [0.2, 0.25) is 0 Å². The Bertz CT molecular complexity index is 1400. The Morgan fingerprint density at radius 3 is 2.38 bits per heavy atom. The highest BCUT2D eigenvalue weighted by Crippen LogP contribution is 2.60. The second-order valence-electron chi connectivity index (χ2n) is 8.17. The molecule has 2 fully saturated rings. The zero-order valence-electron chi connectivity index (χ0n) is 22.3. The normalized spacial score (nSPS) is 35.6. The third-order valence-corrected chi connectivity index (χ3v) is 8.16. The van der Waals surface area contributed by atoms with E-state index in [9.17, 15) is 44.1 Å². The molecule has 2 saturated heterocycles. The fraction of sp³-hybridized carbons (Fsp3) is 0.647. The lowest BCUT2D eigenvalue weighted by Crippen LogP contribution is -2.38. The number of phosphoric ester groups is 2. The topological polar surface area (TPSA) is 298 Å². The van der Waals surface area contributed by atoms with Crippen LogP contribution in [0.25, 0.3) is 11.2 Å². The molecule has 0 spiro atoms. The van der Waals surface area contributed by atoms with Crippen LogP contribution in [-0.4, -0.2) is 112 Å². The number of hydrogen-bond acceptors (Lipinski definition) is 17. The van der Waals surface area contributed by atoms with Gasteiger partial charge < -0.3 is 50.2 Å². The lowest BCUT2D eigenvalue weighted by Gasteiger charge is -2.22. The zero-order chi connectivity index (χ0) is 31.2. The number of nitrogens with two attached hydrogens (primary N) is 1. The Hall–Kier alpha value is -2.16. The molecule has 2 aliphatic heterocycles. The molecule has 0 saturated carbocycles. The number of imidazole rings is 1. The number of nitrogen functional groups attached to an aromatic ring is 1. The van der Waals surface area contributed by atoms with Gasteiger partial charge in [0.15, 0.2) is 30.1 Å². The number of aromatic nitrogens is 4. The van der Waals surface area contributed by atoms with E-state index in [1.165, 1.54) is 10.9 Å². The van der Waals surface area contributed by atoms with Crippen LogP contribution in [0.5, 0.6) is 0 Å². The predicted octanol–water partition coefficient (Wildman–Crippen LogP) is -2.71. The van der Waals surface area contributed by atoms with Crippen molar-refractivity contribution >= 4 is 38.6 Å². The van der Waals surface area contributed by atoms with Crippen LogP contribution in [0.4, 0.5) is 5.82 Å². The van der Waals surface area contributed by atoms with E-state index in [1.807, 2.05) is 0 Å². The summed E-state index contributed by atoms with van der Waals surface area (Å²) in [5.41, 5.74) is 6.02. The molecule has 0 radical (unpaired) electrons. The number of hydrogen-bond donors (Lipinski definition) is 7. The molecular weight excluding hydrogens is 576 g/mol. The van der Waals surface area contributed by atoms with Gasteiger partial charge in [-0.05, 0) is 0 Å². The molecule has 0 amide bonds. The molecule has 2 aromatic heterocycles. The minimum absolute atomic E-state index is 0.0275. The van der Waals surface area contributed by atoms with Gasteiger partial charge in [0.05, 0.1) is 19.5 Å². The first-order chi connectivity index (χ1) is 19.4. The number of rotatable bonds is 10. The Morgan fingerprint density at radius 2 is 1.72 bits per heavy atom. The Balaban J connectivity index is 1.33. The van der Waals surface area contributed by atoms with Crippen LogP contribution in [-0.2, 0) is 41.5 Å². The molecule has 2 aromatic rings. The minimum atomic E-state index is -5.50. The molecule has 4 heterocycles. The first-order valence-corrected chi connectivity index (χ1v) is 13.7. The van der Waals surface area contributed by atoms with Gasteiger partial charge in [0.2, 0.25) is 0 Å². The quantitative estimate of drug-likeness (QED) is 0.107. The van der Waals surface area contributed by atoms with Crippen LogP contribution in [0.3, 0.4) is 0 Å². The molecular formula is C17H25N5O15P2. The number of aliphatic hydroxyl groups excluding tert-OH is 4. The standard InChI is InChI=1S/C17H25N5O15P2/c1-6(23)34-13-8(36-17(27)12(13)26)3-33-39(30,31)37-38(28,29)32-2-7-10(24)11(25)16(35-7)22-5-21-9-14(18)19-4-20-15(9)22/h4-5,7-8,10-13,16-17,24-27H,2-3H2,1H3,(H,28,29)(H,30,31)(H2,18,19,20)/t7-,8-,10-,11-,12-,13-,16-,17?/m1/s1/i1D3. The molecule has 20 nitrogen and oxygen atoms in total. The van der Waals surface area contributed by atoms with E-state index in [0.717, 1.165) is 6.33 Å². The van der Waals surface area contributed by atoms with Crippen molar-refractivity contribution in [3.05, 3.63) is 12.7 Å². The summed E-state index contributed by atoms with van der Waals surface area (Å²) >= 11 is 0. The number of nitrogens with zero attached hydrogens (tertiary/aromatic N) is 4.